The molecule has 98 valence electrons. The first-order valence-electron chi connectivity index (χ1n) is 6.09. The summed E-state index contributed by atoms with van der Waals surface area (Å²) in [6, 6.07) is 5.47. The summed E-state index contributed by atoms with van der Waals surface area (Å²) in [5, 5.41) is 9.76. The molecule has 1 aromatic rings. The van der Waals surface area contributed by atoms with Gasteiger partial charge in [-0.2, -0.15) is 0 Å². The van der Waals surface area contributed by atoms with E-state index in [4.69, 9.17) is 10.1 Å². The highest BCUT2D eigenvalue weighted by Gasteiger charge is 2.10. The molecule has 0 atom stereocenters. The second-order valence-corrected chi connectivity index (χ2v) is 4.46. The van der Waals surface area contributed by atoms with Crippen molar-refractivity contribution in [3.05, 3.63) is 29.3 Å². The average Bonchev–Trinajstić information content (AvgIpc) is 2.26. The third kappa shape index (κ3) is 4.20. The molecule has 18 heavy (non-hydrogen) atoms. The molecule has 1 rings (SSSR count). The van der Waals surface area contributed by atoms with Crippen molar-refractivity contribution in [2.24, 2.45) is 0 Å². The van der Waals surface area contributed by atoms with Crippen molar-refractivity contribution in [2.75, 3.05) is 0 Å². The Morgan fingerprint density at radius 2 is 2.06 bits per heavy atom. The van der Waals surface area contributed by atoms with Gasteiger partial charge in [-0.15, -0.1) is 0 Å². The van der Waals surface area contributed by atoms with E-state index in [1.807, 2.05) is 32.9 Å². The SMILES string of the molecule is CCc1cc(OC(C)C)cc(C(=O)NC(C)=N)c1. The van der Waals surface area contributed by atoms with Crippen LogP contribution in [0.3, 0.4) is 0 Å². The van der Waals surface area contributed by atoms with Crippen molar-refractivity contribution in [1.29, 1.82) is 5.41 Å². The number of rotatable bonds is 4. The van der Waals surface area contributed by atoms with Crippen LogP contribution in [0, 0.1) is 5.41 Å². The lowest BCUT2D eigenvalue weighted by molar-refractivity contribution is 0.0976. The van der Waals surface area contributed by atoms with E-state index in [1.54, 1.807) is 6.07 Å². The van der Waals surface area contributed by atoms with Crippen LogP contribution >= 0.6 is 0 Å². The second-order valence-electron chi connectivity index (χ2n) is 4.46. The molecule has 2 N–H and O–H groups in total. The van der Waals surface area contributed by atoms with Crippen molar-refractivity contribution in [3.8, 4) is 5.75 Å². The van der Waals surface area contributed by atoms with Gasteiger partial charge < -0.3 is 10.1 Å². The van der Waals surface area contributed by atoms with Gasteiger partial charge in [0.1, 0.15) is 5.75 Å². The first-order chi connectivity index (χ1) is 8.42. The molecule has 0 aliphatic heterocycles. The molecule has 0 saturated carbocycles. The lowest BCUT2D eigenvalue weighted by Gasteiger charge is -2.13. The molecule has 0 fully saturated rings. The number of ether oxygens (including phenoxy) is 1. The number of carbonyl (C=O) groups is 1. The van der Waals surface area contributed by atoms with E-state index in [0.717, 1.165) is 12.0 Å². The fraction of sp³-hybridized carbons (Fsp3) is 0.429. The molecule has 0 radical (unpaired) electrons. The molecule has 0 bridgehead atoms. The number of amides is 1. The predicted octanol–water partition coefficient (Wildman–Crippen LogP) is 2.76. The van der Waals surface area contributed by atoms with Crippen LogP contribution in [0.1, 0.15) is 43.6 Å². The minimum absolute atomic E-state index is 0.0671. The zero-order chi connectivity index (χ0) is 13.7. The average molecular weight is 248 g/mol. The Bertz CT molecular complexity index is 453. The van der Waals surface area contributed by atoms with E-state index in [1.165, 1.54) is 6.92 Å². The molecule has 0 saturated heterocycles. The number of benzene rings is 1. The Kier molecular flexibility index (Phi) is 4.89. The summed E-state index contributed by atoms with van der Waals surface area (Å²) < 4.78 is 5.62. The summed E-state index contributed by atoms with van der Waals surface area (Å²) in [5.41, 5.74) is 1.57. The van der Waals surface area contributed by atoms with E-state index >= 15 is 0 Å². The van der Waals surface area contributed by atoms with Gasteiger partial charge in [0.05, 0.1) is 11.9 Å². The van der Waals surface area contributed by atoms with Gasteiger partial charge in [0, 0.05) is 5.56 Å². The highest BCUT2D eigenvalue weighted by Crippen LogP contribution is 2.19. The van der Waals surface area contributed by atoms with Gasteiger partial charge in [0.15, 0.2) is 0 Å². The van der Waals surface area contributed by atoms with Crippen LogP contribution < -0.4 is 10.1 Å². The van der Waals surface area contributed by atoms with Gasteiger partial charge in [0.2, 0.25) is 0 Å². The monoisotopic (exact) mass is 248 g/mol. The van der Waals surface area contributed by atoms with E-state index in [9.17, 15) is 4.79 Å². The van der Waals surface area contributed by atoms with Gasteiger partial charge >= 0.3 is 0 Å². The number of nitrogens with one attached hydrogen (secondary N) is 2. The Morgan fingerprint density at radius 3 is 2.56 bits per heavy atom. The lowest BCUT2D eigenvalue weighted by Crippen LogP contribution is -2.27. The number of aryl methyl sites for hydroxylation is 1. The fourth-order valence-corrected chi connectivity index (χ4v) is 1.58. The molecule has 0 aliphatic carbocycles. The Balaban J connectivity index is 3.03. The van der Waals surface area contributed by atoms with Crippen LogP contribution in [-0.2, 0) is 6.42 Å². The summed E-state index contributed by atoms with van der Waals surface area (Å²) in [5.74, 6) is 0.553. The molecule has 0 unspecified atom stereocenters. The van der Waals surface area contributed by atoms with E-state index in [0.29, 0.717) is 11.3 Å². The van der Waals surface area contributed by atoms with Gasteiger partial charge in [-0.05, 0) is 51.0 Å². The van der Waals surface area contributed by atoms with Crippen molar-refractivity contribution in [1.82, 2.24) is 5.32 Å². The largest absolute Gasteiger partial charge is 0.491 e. The summed E-state index contributed by atoms with van der Waals surface area (Å²) in [6.45, 7) is 7.45. The minimum atomic E-state index is -0.272. The minimum Gasteiger partial charge on any atom is -0.491 e. The summed E-state index contributed by atoms with van der Waals surface area (Å²) in [4.78, 5) is 11.9. The smallest absolute Gasteiger partial charge is 0.256 e. The first kappa shape index (κ1) is 14.2. The number of amidine groups is 1. The molecule has 0 heterocycles. The van der Waals surface area contributed by atoms with Crippen molar-refractivity contribution >= 4 is 11.7 Å². The fourth-order valence-electron chi connectivity index (χ4n) is 1.58. The normalized spacial score (nSPS) is 10.3. The van der Waals surface area contributed by atoms with Gasteiger partial charge in [-0.3, -0.25) is 10.2 Å². The number of hydrogen-bond acceptors (Lipinski definition) is 3. The van der Waals surface area contributed by atoms with Crippen molar-refractivity contribution in [3.63, 3.8) is 0 Å². The maximum absolute atomic E-state index is 11.9. The molecule has 1 aromatic carbocycles. The molecule has 4 heteroatoms. The van der Waals surface area contributed by atoms with Crippen LogP contribution in [0.5, 0.6) is 5.75 Å². The quantitative estimate of drug-likeness (QED) is 0.635. The number of hydrogen-bond donors (Lipinski definition) is 2. The molecular formula is C14H20N2O2. The highest BCUT2D eigenvalue weighted by atomic mass is 16.5. The van der Waals surface area contributed by atoms with Crippen molar-refractivity contribution < 1.29 is 9.53 Å². The van der Waals surface area contributed by atoms with E-state index in [-0.39, 0.29) is 17.8 Å². The zero-order valence-electron chi connectivity index (χ0n) is 11.3. The van der Waals surface area contributed by atoms with Crippen LogP contribution in [-0.4, -0.2) is 17.8 Å². The zero-order valence-corrected chi connectivity index (χ0v) is 11.3. The highest BCUT2D eigenvalue weighted by molar-refractivity contribution is 6.05. The maximum atomic E-state index is 11.9. The van der Waals surface area contributed by atoms with Crippen LogP contribution in [0.2, 0.25) is 0 Å². The van der Waals surface area contributed by atoms with E-state index < -0.39 is 0 Å². The molecule has 0 aromatic heterocycles. The first-order valence-corrected chi connectivity index (χ1v) is 6.09. The third-order valence-corrected chi connectivity index (χ3v) is 2.31. The van der Waals surface area contributed by atoms with Crippen LogP contribution in [0.15, 0.2) is 18.2 Å². The Hall–Kier alpha value is -1.84. The van der Waals surface area contributed by atoms with Crippen molar-refractivity contribution in [2.45, 2.75) is 40.2 Å². The molecule has 4 nitrogen and oxygen atoms in total. The molecular weight excluding hydrogens is 228 g/mol. The van der Waals surface area contributed by atoms with Crippen LogP contribution in [0.25, 0.3) is 0 Å². The van der Waals surface area contributed by atoms with Crippen LogP contribution in [0.4, 0.5) is 0 Å². The lowest BCUT2D eigenvalue weighted by atomic mass is 10.1. The molecule has 1 amide bonds. The van der Waals surface area contributed by atoms with Gasteiger partial charge in [-0.1, -0.05) is 6.92 Å². The summed E-state index contributed by atoms with van der Waals surface area (Å²) >= 11 is 0. The molecule has 0 spiro atoms. The number of carbonyl (C=O) groups excluding carboxylic acids is 1. The van der Waals surface area contributed by atoms with Gasteiger partial charge in [-0.25, -0.2) is 0 Å². The topological polar surface area (TPSA) is 62.2 Å². The van der Waals surface area contributed by atoms with E-state index in [2.05, 4.69) is 5.32 Å². The summed E-state index contributed by atoms with van der Waals surface area (Å²) in [6.07, 6.45) is 0.900. The second kappa shape index (κ2) is 6.19. The standard InChI is InChI=1S/C14H20N2O2/c1-5-11-6-12(14(17)16-10(4)15)8-13(7-11)18-9(2)3/h6-9H,5H2,1-4H3,(H2,15,16,17). The molecule has 0 aliphatic rings. The van der Waals surface area contributed by atoms with Gasteiger partial charge in [0.25, 0.3) is 5.91 Å². The predicted molar refractivity (Wildman–Crippen MR) is 72.5 cm³/mol. The Morgan fingerprint density at radius 1 is 1.39 bits per heavy atom. The third-order valence-electron chi connectivity index (χ3n) is 2.31. The maximum Gasteiger partial charge on any atom is 0.256 e. The Labute approximate surface area is 108 Å². The summed E-state index contributed by atoms with van der Waals surface area (Å²) in [7, 11) is 0.